The van der Waals surface area contributed by atoms with Crippen LogP contribution in [0.5, 0.6) is 0 Å². The zero-order valence-electron chi connectivity index (χ0n) is 36.9. The van der Waals surface area contributed by atoms with Crippen molar-refractivity contribution in [1.82, 2.24) is 47.9 Å². The second-order valence-corrected chi connectivity index (χ2v) is 15.6. The minimum absolute atomic E-state index is 0.0197. The molecule has 0 saturated carbocycles. The average molecular weight is 868 g/mol. The summed E-state index contributed by atoms with van der Waals surface area (Å²) >= 11 is 0. The number of primary amides is 1. The Balaban J connectivity index is 4.92. The first-order valence-corrected chi connectivity index (χ1v) is 21.4. The highest BCUT2D eigenvalue weighted by Crippen LogP contribution is 2.10. The molecular formula is C40H73N11O10. The molecule has 21 heteroatoms. The minimum Gasteiger partial charge on any atom is -0.368 e. The first kappa shape index (κ1) is 55.7. The highest BCUT2D eigenvalue weighted by molar-refractivity contribution is 5.96. The van der Waals surface area contributed by atoms with Crippen molar-refractivity contribution in [3.63, 3.8) is 0 Å². The Kier molecular flexibility index (Phi) is 29.6. The van der Waals surface area contributed by atoms with Crippen LogP contribution in [0.3, 0.4) is 0 Å². The van der Waals surface area contributed by atoms with E-state index in [1.54, 1.807) is 13.8 Å². The quantitative estimate of drug-likeness (QED) is 0.0320. The van der Waals surface area contributed by atoms with Crippen LogP contribution in [0.15, 0.2) is 0 Å². The van der Waals surface area contributed by atoms with E-state index in [0.717, 1.165) is 25.7 Å². The molecule has 0 rings (SSSR count). The van der Waals surface area contributed by atoms with Gasteiger partial charge in [0.1, 0.15) is 24.2 Å². The molecule has 13 N–H and O–H groups in total. The van der Waals surface area contributed by atoms with Gasteiger partial charge in [0.25, 0.3) is 0 Å². The molecule has 0 spiro atoms. The molecule has 348 valence electrons. The maximum Gasteiger partial charge on any atom is 0.243 e. The average Bonchev–Trinajstić information content (AvgIpc) is 3.20. The largest absolute Gasteiger partial charge is 0.368 e. The van der Waals surface area contributed by atoms with Crippen molar-refractivity contribution >= 4 is 59.1 Å². The van der Waals surface area contributed by atoms with Crippen molar-refractivity contribution in [2.75, 3.05) is 39.3 Å². The van der Waals surface area contributed by atoms with E-state index in [2.05, 4.69) is 54.8 Å². The van der Waals surface area contributed by atoms with E-state index in [4.69, 9.17) is 11.5 Å². The molecule has 0 aliphatic carbocycles. The molecule has 21 nitrogen and oxygen atoms in total. The molecule has 4 atom stereocenters. The van der Waals surface area contributed by atoms with Gasteiger partial charge in [-0.15, -0.1) is 0 Å². The predicted molar refractivity (Wildman–Crippen MR) is 227 cm³/mol. The molecule has 0 radical (unpaired) electrons. The molecule has 61 heavy (non-hydrogen) atoms. The topological polar surface area (TPSA) is 331 Å². The molecule has 0 aliphatic rings. The Hall–Kier alpha value is -5.34. The van der Waals surface area contributed by atoms with Crippen LogP contribution in [0, 0.1) is 11.8 Å². The highest BCUT2D eigenvalue weighted by Gasteiger charge is 2.32. The van der Waals surface area contributed by atoms with E-state index >= 15 is 0 Å². The molecule has 0 bridgehead atoms. The number of hydrogen-bond acceptors (Lipinski definition) is 11. The van der Waals surface area contributed by atoms with Crippen molar-refractivity contribution < 1.29 is 47.9 Å². The van der Waals surface area contributed by atoms with E-state index in [1.165, 1.54) is 19.3 Å². The number of hydrogen-bond donors (Lipinski definition) is 11. The summed E-state index contributed by atoms with van der Waals surface area (Å²) in [5, 5.41) is 22.2. The van der Waals surface area contributed by atoms with Crippen LogP contribution < -0.4 is 59.3 Å². The summed E-state index contributed by atoms with van der Waals surface area (Å²) in [5.41, 5.74) is 10.8. The number of nitrogens with two attached hydrogens (primary N) is 2. The fourth-order valence-electron chi connectivity index (χ4n) is 5.82. The minimum atomic E-state index is -1.20. The molecule has 0 heterocycles. The van der Waals surface area contributed by atoms with Crippen LogP contribution in [0.4, 0.5) is 0 Å². The molecule has 2 unspecified atom stereocenters. The number of unbranched alkanes of at least 4 members (excludes halogenated alkanes) is 6. The number of carbonyl (C=O) groups is 10. The summed E-state index contributed by atoms with van der Waals surface area (Å²) in [6.45, 7) is 8.59. The van der Waals surface area contributed by atoms with Gasteiger partial charge in [-0.1, -0.05) is 86.5 Å². The van der Waals surface area contributed by atoms with E-state index in [1.807, 2.05) is 20.8 Å². The summed E-state index contributed by atoms with van der Waals surface area (Å²) in [6.07, 6.45) is 8.76. The van der Waals surface area contributed by atoms with Gasteiger partial charge in [-0.05, 0) is 44.1 Å². The smallest absolute Gasteiger partial charge is 0.243 e. The third-order valence-corrected chi connectivity index (χ3v) is 9.13. The molecule has 0 fully saturated rings. The summed E-state index contributed by atoms with van der Waals surface area (Å²) in [4.78, 5) is 125. The third-order valence-electron chi connectivity index (χ3n) is 9.13. The second kappa shape index (κ2) is 32.4. The Morgan fingerprint density at radius 1 is 0.459 bits per heavy atom. The van der Waals surface area contributed by atoms with Crippen LogP contribution in [-0.2, 0) is 47.9 Å². The molecule has 0 aromatic rings. The van der Waals surface area contributed by atoms with Gasteiger partial charge < -0.3 is 59.3 Å². The maximum absolute atomic E-state index is 13.3. The van der Waals surface area contributed by atoms with Gasteiger partial charge in [0.15, 0.2) is 0 Å². The van der Waals surface area contributed by atoms with E-state index in [0.29, 0.717) is 12.8 Å². The van der Waals surface area contributed by atoms with Crippen molar-refractivity contribution in [3.8, 4) is 0 Å². The summed E-state index contributed by atoms with van der Waals surface area (Å²) in [7, 11) is 0. The van der Waals surface area contributed by atoms with Crippen molar-refractivity contribution in [3.05, 3.63) is 0 Å². The van der Waals surface area contributed by atoms with Gasteiger partial charge in [0.05, 0.1) is 32.7 Å². The summed E-state index contributed by atoms with van der Waals surface area (Å²) < 4.78 is 0. The summed E-state index contributed by atoms with van der Waals surface area (Å²) in [5.74, 6) is -6.96. The molecular weight excluding hydrogens is 795 g/mol. The van der Waals surface area contributed by atoms with Crippen LogP contribution in [-0.4, -0.2) is 123 Å². The predicted octanol–water partition coefficient (Wildman–Crippen LogP) is -2.02. The van der Waals surface area contributed by atoms with Crippen LogP contribution >= 0.6 is 0 Å². The van der Waals surface area contributed by atoms with Crippen molar-refractivity contribution in [1.29, 1.82) is 0 Å². The van der Waals surface area contributed by atoms with E-state index in [-0.39, 0.29) is 44.2 Å². The zero-order valence-corrected chi connectivity index (χ0v) is 36.9. The zero-order chi connectivity index (χ0) is 46.3. The lowest BCUT2D eigenvalue weighted by Gasteiger charge is -2.27. The number of amides is 10. The van der Waals surface area contributed by atoms with Gasteiger partial charge in [-0.25, -0.2) is 0 Å². The van der Waals surface area contributed by atoms with E-state index in [9.17, 15) is 47.9 Å². The van der Waals surface area contributed by atoms with Crippen LogP contribution in [0.25, 0.3) is 0 Å². The lowest BCUT2D eigenvalue weighted by Crippen LogP contribution is -2.59. The molecule has 0 aromatic carbocycles. The Bertz CT molecular complexity index is 1440. The fourth-order valence-corrected chi connectivity index (χ4v) is 5.82. The van der Waals surface area contributed by atoms with E-state index < -0.39 is 109 Å². The molecule has 0 aromatic heterocycles. The second-order valence-electron chi connectivity index (χ2n) is 15.6. The standard InChI is InChI=1S/C40H73N11O10/c1-7-9-10-11-12-13-14-16-31(53)43-23-34(56)48-27(15-8-2)37(58)47-22-33(55)44-21-32(54)45-24-35(57)49-28(17-18-41)39(60)51-36(26(5)6)40(61)50-29(19-25(3)4)38(59)46-20-30(42)52/h25-29,36H,7-24,41H2,1-6H3,(H2,42,52)(H,43,53)(H,44,55)(H,45,54)(H,46,59)(H,47,58)(H,48,56)(H,49,57)(H,50,61)(H,51,60)/t27?,28-,29-,36?/m0/s1. The van der Waals surface area contributed by atoms with Crippen LogP contribution in [0.1, 0.15) is 119 Å². The SMILES string of the molecule is CCCCCCCCCC(=O)NCC(=O)NC(CCC)C(=O)NCC(=O)NCC(=O)NCC(=O)N[C@@H](CCN)C(=O)NC(C(=O)N[C@@H](CC(C)C)C(=O)NCC(N)=O)C(C)C. The molecule has 10 amide bonds. The highest BCUT2D eigenvalue weighted by atomic mass is 16.2. The Labute approximate surface area is 359 Å². The van der Waals surface area contributed by atoms with Gasteiger partial charge in [-0.3, -0.25) is 47.9 Å². The van der Waals surface area contributed by atoms with Gasteiger partial charge >= 0.3 is 0 Å². The number of carbonyl (C=O) groups excluding carboxylic acids is 10. The fraction of sp³-hybridized carbons (Fsp3) is 0.750. The lowest BCUT2D eigenvalue weighted by atomic mass is 9.99. The van der Waals surface area contributed by atoms with Gasteiger partial charge in [0, 0.05) is 6.42 Å². The first-order chi connectivity index (χ1) is 28.8. The monoisotopic (exact) mass is 868 g/mol. The maximum atomic E-state index is 13.3. The Morgan fingerprint density at radius 2 is 0.934 bits per heavy atom. The first-order valence-electron chi connectivity index (χ1n) is 21.4. The molecule has 0 saturated heterocycles. The number of rotatable bonds is 33. The normalized spacial score (nSPS) is 12.8. The summed E-state index contributed by atoms with van der Waals surface area (Å²) in [6, 6.07) is -4.31. The molecule has 0 aliphatic heterocycles. The number of nitrogens with one attached hydrogen (secondary N) is 9. The third kappa shape index (κ3) is 27.2. The van der Waals surface area contributed by atoms with Crippen LogP contribution in [0.2, 0.25) is 0 Å². The lowest BCUT2D eigenvalue weighted by molar-refractivity contribution is -0.135. The van der Waals surface area contributed by atoms with Crippen molar-refractivity contribution in [2.45, 2.75) is 143 Å². The van der Waals surface area contributed by atoms with Gasteiger partial charge in [0.2, 0.25) is 59.1 Å². The van der Waals surface area contributed by atoms with Gasteiger partial charge in [-0.2, -0.15) is 0 Å². The van der Waals surface area contributed by atoms with Crippen molar-refractivity contribution in [2.24, 2.45) is 23.3 Å². The Morgan fingerprint density at radius 3 is 1.44 bits per heavy atom.